The van der Waals surface area contributed by atoms with Gasteiger partial charge in [-0.3, -0.25) is 0 Å². The molecule has 1 heterocycles. The molecule has 0 bridgehead atoms. The molecule has 1 aromatic heterocycles. The van der Waals surface area contributed by atoms with Crippen molar-refractivity contribution in [2.75, 3.05) is 25.1 Å². The zero-order valence-electron chi connectivity index (χ0n) is 13.0. The molecule has 5 heteroatoms. The Labute approximate surface area is 116 Å². The van der Waals surface area contributed by atoms with Crippen molar-refractivity contribution >= 4 is 6.01 Å². The predicted molar refractivity (Wildman–Crippen MR) is 77.5 cm³/mol. The van der Waals surface area contributed by atoms with Crippen LogP contribution in [0.4, 0.5) is 6.01 Å². The van der Waals surface area contributed by atoms with E-state index in [0.717, 1.165) is 12.2 Å². The van der Waals surface area contributed by atoms with E-state index in [4.69, 9.17) is 9.15 Å². The van der Waals surface area contributed by atoms with Gasteiger partial charge in [0, 0.05) is 25.7 Å². The maximum absolute atomic E-state index is 5.51. The van der Waals surface area contributed by atoms with Crippen molar-refractivity contribution in [2.24, 2.45) is 0 Å². The lowest BCUT2D eigenvalue weighted by Gasteiger charge is -2.19. The number of anilines is 1. The van der Waals surface area contributed by atoms with Gasteiger partial charge in [-0.2, -0.15) is 4.98 Å². The molecule has 0 saturated heterocycles. The molecular formula is C14H27N3O2. The van der Waals surface area contributed by atoms with Crippen molar-refractivity contribution in [3.8, 4) is 0 Å². The molecule has 1 aromatic rings. The van der Waals surface area contributed by atoms with Gasteiger partial charge in [-0.05, 0) is 34.6 Å². The number of ether oxygens (including phenoxy) is 1. The lowest BCUT2D eigenvalue weighted by atomic mass is 10.1. The minimum Gasteiger partial charge on any atom is -0.432 e. The van der Waals surface area contributed by atoms with Gasteiger partial charge in [0.1, 0.15) is 6.26 Å². The van der Waals surface area contributed by atoms with Crippen molar-refractivity contribution in [3.63, 3.8) is 0 Å². The Morgan fingerprint density at radius 3 is 2.68 bits per heavy atom. The lowest BCUT2D eigenvalue weighted by Crippen LogP contribution is -2.35. The van der Waals surface area contributed by atoms with E-state index in [2.05, 4.69) is 31.1 Å². The predicted octanol–water partition coefficient (Wildman–Crippen LogP) is 2.42. The quantitative estimate of drug-likeness (QED) is 0.824. The van der Waals surface area contributed by atoms with Crippen LogP contribution in [0.2, 0.25) is 0 Å². The fourth-order valence-corrected chi connectivity index (χ4v) is 1.43. The molecule has 0 aromatic carbocycles. The molecule has 0 amide bonds. The highest BCUT2D eigenvalue weighted by atomic mass is 16.5. The van der Waals surface area contributed by atoms with Crippen LogP contribution in [-0.4, -0.2) is 36.8 Å². The third-order valence-electron chi connectivity index (χ3n) is 2.54. The summed E-state index contributed by atoms with van der Waals surface area (Å²) in [5.41, 5.74) is 0.998. The fourth-order valence-electron chi connectivity index (χ4n) is 1.43. The molecule has 1 N–H and O–H groups in total. The number of rotatable bonds is 7. The Balaban J connectivity index is 2.40. The van der Waals surface area contributed by atoms with E-state index in [1.54, 1.807) is 6.26 Å². The first-order valence-corrected chi connectivity index (χ1v) is 6.80. The van der Waals surface area contributed by atoms with Crippen LogP contribution in [0.15, 0.2) is 10.7 Å². The van der Waals surface area contributed by atoms with Crippen molar-refractivity contribution in [1.29, 1.82) is 0 Å². The molecule has 0 radical (unpaired) electrons. The number of nitrogens with zero attached hydrogens (tertiary/aromatic N) is 2. The van der Waals surface area contributed by atoms with E-state index >= 15 is 0 Å². The molecule has 0 unspecified atom stereocenters. The Kier molecular flexibility index (Phi) is 5.82. The number of nitrogens with one attached hydrogen (secondary N) is 1. The van der Waals surface area contributed by atoms with Gasteiger partial charge >= 0.3 is 0 Å². The maximum atomic E-state index is 5.51. The Morgan fingerprint density at radius 1 is 1.42 bits per heavy atom. The second-order valence-corrected chi connectivity index (χ2v) is 6.07. The van der Waals surface area contributed by atoms with Crippen LogP contribution in [0.5, 0.6) is 0 Å². The summed E-state index contributed by atoms with van der Waals surface area (Å²) in [7, 11) is 1.95. The van der Waals surface area contributed by atoms with Crippen molar-refractivity contribution in [3.05, 3.63) is 12.0 Å². The number of hydrogen-bond donors (Lipinski definition) is 1. The van der Waals surface area contributed by atoms with Crippen LogP contribution >= 0.6 is 0 Å². The lowest BCUT2D eigenvalue weighted by molar-refractivity contribution is 0.0841. The third-order valence-corrected chi connectivity index (χ3v) is 2.54. The minimum atomic E-state index is 0.0795. The standard InChI is InChI=1S/C14H27N3O2/c1-11(2)18-8-7-17(6)13-16-12(10-19-13)9-15-14(3,4)5/h10-11,15H,7-9H2,1-6H3. The highest BCUT2D eigenvalue weighted by Crippen LogP contribution is 2.12. The Hall–Kier alpha value is -1.07. The summed E-state index contributed by atoms with van der Waals surface area (Å²) in [5.74, 6) is 0. The van der Waals surface area contributed by atoms with Gasteiger partial charge in [0.15, 0.2) is 0 Å². The second kappa shape index (κ2) is 6.91. The first-order chi connectivity index (χ1) is 8.78. The van der Waals surface area contributed by atoms with Crippen LogP contribution in [0.25, 0.3) is 0 Å². The zero-order chi connectivity index (χ0) is 14.5. The van der Waals surface area contributed by atoms with Gasteiger partial charge in [-0.1, -0.05) is 0 Å². The SMILES string of the molecule is CC(C)OCCN(C)c1nc(CNC(C)(C)C)co1. The van der Waals surface area contributed by atoms with Gasteiger partial charge in [0.25, 0.3) is 6.01 Å². The molecule has 1 rings (SSSR count). The summed E-state index contributed by atoms with van der Waals surface area (Å²) in [6.07, 6.45) is 1.96. The fraction of sp³-hybridized carbons (Fsp3) is 0.786. The van der Waals surface area contributed by atoms with E-state index in [1.165, 1.54) is 0 Å². The molecule has 0 saturated carbocycles. The summed E-state index contributed by atoms with van der Waals surface area (Å²) in [4.78, 5) is 6.41. The summed E-state index contributed by atoms with van der Waals surface area (Å²) >= 11 is 0. The number of aromatic nitrogens is 1. The average molecular weight is 269 g/mol. The largest absolute Gasteiger partial charge is 0.432 e. The van der Waals surface area contributed by atoms with E-state index in [1.807, 2.05) is 25.8 Å². The van der Waals surface area contributed by atoms with Crippen LogP contribution in [-0.2, 0) is 11.3 Å². The molecule has 0 fully saturated rings. The van der Waals surface area contributed by atoms with E-state index in [-0.39, 0.29) is 11.6 Å². The summed E-state index contributed by atoms with van der Waals surface area (Å²) < 4.78 is 11.0. The van der Waals surface area contributed by atoms with Crippen LogP contribution in [0, 0.1) is 0 Å². The smallest absolute Gasteiger partial charge is 0.297 e. The Morgan fingerprint density at radius 2 is 2.11 bits per heavy atom. The van der Waals surface area contributed by atoms with E-state index in [9.17, 15) is 0 Å². The average Bonchev–Trinajstić information content (AvgIpc) is 2.73. The van der Waals surface area contributed by atoms with Gasteiger partial charge < -0.3 is 19.4 Å². The van der Waals surface area contributed by atoms with Crippen LogP contribution < -0.4 is 10.2 Å². The second-order valence-electron chi connectivity index (χ2n) is 6.07. The van der Waals surface area contributed by atoms with Gasteiger partial charge in [0.05, 0.1) is 18.4 Å². The summed E-state index contributed by atoms with van der Waals surface area (Å²) in [5, 5.41) is 3.38. The van der Waals surface area contributed by atoms with Gasteiger partial charge in [-0.25, -0.2) is 0 Å². The normalized spacial score (nSPS) is 12.2. The molecular weight excluding hydrogens is 242 g/mol. The maximum Gasteiger partial charge on any atom is 0.297 e. The van der Waals surface area contributed by atoms with Crippen molar-refractivity contribution < 1.29 is 9.15 Å². The molecule has 0 aliphatic heterocycles. The number of hydrogen-bond acceptors (Lipinski definition) is 5. The molecule has 0 atom stereocenters. The minimum absolute atomic E-state index is 0.0795. The molecule has 110 valence electrons. The highest BCUT2D eigenvalue weighted by molar-refractivity contribution is 5.25. The summed E-state index contributed by atoms with van der Waals surface area (Å²) in [6.45, 7) is 12.6. The molecule has 19 heavy (non-hydrogen) atoms. The van der Waals surface area contributed by atoms with Gasteiger partial charge in [-0.15, -0.1) is 0 Å². The number of likely N-dealkylation sites (N-methyl/N-ethyl adjacent to an activating group) is 1. The topological polar surface area (TPSA) is 50.5 Å². The van der Waals surface area contributed by atoms with Crippen molar-refractivity contribution in [1.82, 2.24) is 10.3 Å². The van der Waals surface area contributed by atoms with Crippen LogP contribution in [0.3, 0.4) is 0 Å². The van der Waals surface area contributed by atoms with E-state index in [0.29, 0.717) is 19.2 Å². The Bertz CT molecular complexity index is 369. The summed E-state index contributed by atoms with van der Waals surface area (Å²) in [6, 6.07) is 0.637. The first-order valence-electron chi connectivity index (χ1n) is 6.80. The zero-order valence-corrected chi connectivity index (χ0v) is 13.0. The molecule has 0 aliphatic carbocycles. The molecule has 0 aliphatic rings. The molecule has 0 spiro atoms. The van der Waals surface area contributed by atoms with Gasteiger partial charge in [0.2, 0.25) is 0 Å². The van der Waals surface area contributed by atoms with E-state index < -0.39 is 0 Å². The number of oxazole rings is 1. The molecule has 5 nitrogen and oxygen atoms in total. The van der Waals surface area contributed by atoms with Crippen molar-refractivity contribution in [2.45, 2.75) is 52.8 Å². The third kappa shape index (κ3) is 6.59. The first kappa shape index (κ1) is 16.0. The monoisotopic (exact) mass is 269 g/mol. The highest BCUT2D eigenvalue weighted by Gasteiger charge is 2.12. The van der Waals surface area contributed by atoms with Crippen LogP contribution in [0.1, 0.15) is 40.3 Å².